The van der Waals surface area contributed by atoms with Gasteiger partial charge in [0.15, 0.2) is 5.78 Å². The summed E-state index contributed by atoms with van der Waals surface area (Å²) in [6.07, 6.45) is 2.98. The number of carbonyl (C=O) groups excluding carboxylic acids is 1. The molecule has 0 unspecified atom stereocenters. The Kier molecular flexibility index (Phi) is 5.10. The number of ketones is 1. The number of anilines is 1. The first kappa shape index (κ1) is 15.2. The van der Waals surface area contributed by atoms with Crippen LogP contribution >= 0.6 is 22.6 Å². The van der Waals surface area contributed by atoms with Gasteiger partial charge in [-0.15, -0.1) is 0 Å². The third kappa shape index (κ3) is 4.42. The van der Waals surface area contributed by atoms with Gasteiger partial charge in [-0.3, -0.25) is 4.79 Å². The van der Waals surface area contributed by atoms with Crippen LogP contribution in [0.3, 0.4) is 0 Å². The van der Waals surface area contributed by atoms with Crippen LogP contribution in [0, 0.1) is 3.57 Å². The molecule has 0 saturated carbocycles. The first-order chi connectivity index (χ1) is 10.1. The second-order valence-electron chi connectivity index (χ2n) is 4.23. The Labute approximate surface area is 135 Å². The Morgan fingerprint density at radius 1 is 0.952 bits per heavy atom. The van der Waals surface area contributed by atoms with E-state index in [9.17, 15) is 9.59 Å². The number of nitrogens with one attached hydrogen (secondary N) is 1. The van der Waals surface area contributed by atoms with Gasteiger partial charge in [0, 0.05) is 27.1 Å². The van der Waals surface area contributed by atoms with Gasteiger partial charge in [0.05, 0.1) is 5.56 Å². The van der Waals surface area contributed by atoms with Crippen molar-refractivity contribution < 1.29 is 14.7 Å². The quantitative estimate of drug-likeness (QED) is 0.461. The van der Waals surface area contributed by atoms with Crippen LogP contribution in [0.4, 0.5) is 5.69 Å². The fourth-order valence-corrected chi connectivity index (χ4v) is 1.99. The zero-order valence-corrected chi connectivity index (χ0v) is 13.1. The van der Waals surface area contributed by atoms with Crippen LogP contribution in [-0.2, 0) is 0 Å². The minimum absolute atomic E-state index is 0.0962. The minimum atomic E-state index is -0.967. The van der Waals surface area contributed by atoms with Gasteiger partial charge < -0.3 is 10.4 Å². The van der Waals surface area contributed by atoms with Crippen LogP contribution in [0.25, 0.3) is 0 Å². The molecule has 21 heavy (non-hydrogen) atoms. The summed E-state index contributed by atoms with van der Waals surface area (Å²) in [6.45, 7) is 0. The van der Waals surface area contributed by atoms with Crippen molar-refractivity contribution in [3.05, 3.63) is 75.5 Å². The normalized spacial score (nSPS) is 10.5. The molecule has 4 nitrogen and oxygen atoms in total. The SMILES string of the molecule is O=C(O)c1ccc(N/C=C\C(=O)c2ccc(I)cc2)cc1. The predicted molar refractivity (Wildman–Crippen MR) is 89.7 cm³/mol. The molecular formula is C16H12INO3. The number of benzene rings is 2. The molecule has 2 rings (SSSR count). The number of hydrogen-bond donors (Lipinski definition) is 2. The number of rotatable bonds is 5. The van der Waals surface area contributed by atoms with Crippen LogP contribution in [-0.4, -0.2) is 16.9 Å². The van der Waals surface area contributed by atoms with E-state index in [4.69, 9.17) is 5.11 Å². The van der Waals surface area contributed by atoms with Gasteiger partial charge in [0.2, 0.25) is 0 Å². The van der Waals surface area contributed by atoms with Gasteiger partial charge >= 0.3 is 5.97 Å². The van der Waals surface area contributed by atoms with Crippen molar-refractivity contribution in [1.82, 2.24) is 0 Å². The molecule has 0 aromatic heterocycles. The van der Waals surface area contributed by atoms with E-state index in [1.54, 1.807) is 24.3 Å². The van der Waals surface area contributed by atoms with Gasteiger partial charge in [-0.05, 0) is 59.0 Å². The molecule has 0 heterocycles. The second-order valence-corrected chi connectivity index (χ2v) is 5.48. The van der Waals surface area contributed by atoms with Crippen molar-refractivity contribution in [3.63, 3.8) is 0 Å². The van der Waals surface area contributed by atoms with Crippen LogP contribution in [0.5, 0.6) is 0 Å². The third-order valence-electron chi connectivity index (χ3n) is 2.75. The van der Waals surface area contributed by atoms with Crippen LogP contribution in [0.15, 0.2) is 60.8 Å². The van der Waals surface area contributed by atoms with Crippen molar-refractivity contribution in [1.29, 1.82) is 0 Å². The van der Waals surface area contributed by atoms with Crippen molar-refractivity contribution in [2.24, 2.45) is 0 Å². The highest BCUT2D eigenvalue weighted by atomic mass is 127. The van der Waals surface area contributed by atoms with E-state index in [0.717, 1.165) is 3.57 Å². The van der Waals surface area contributed by atoms with Crippen LogP contribution in [0.2, 0.25) is 0 Å². The Morgan fingerprint density at radius 2 is 1.52 bits per heavy atom. The fourth-order valence-electron chi connectivity index (χ4n) is 1.63. The average Bonchev–Trinajstić information content (AvgIpc) is 2.48. The summed E-state index contributed by atoms with van der Waals surface area (Å²) in [5.74, 6) is -1.06. The maximum Gasteiger partial charge on any atom is 0.335 e. The molecule has 0 aliphatic rings. The van der Waals surface area contributed by atoms with E-state index in [0.29, 0.717) is 11.3 Å². The maximum atomic E-state index is 11.9. The lowest BCUT2D eigenvalue weighted by Gasteiger charge is -2.01. The summed E-state index contributed by atoms with van der Waals surface area (Å²) >= 11 is 2.18. The minimum Gasteiger partial charge on any atom is -0.478 e. The summed E-state index contributed by atoms with van der Waals surface area (Å²) < 4.78 is 1.07. The highest BCUT2D eigenvalue weighted by Gasteiger charge is 2.02. The van der Waals surface area contributed by atoms with Gasteiger partial charge in [-0.25, -0.2) is 4.79 Å². The lowest BCUT2D eigenvalue weighted by molar-refractivity contribution is 0.0696. The number of carboxylic acid groups (broad SMARTS) is 1. The van der Waals surface area contributed by atoms with Gasteiger partial charge in [-0.2, -0.15) is 0 Å². The Morgan fingerprint density at radius 3 is 2.10 bits per heavy atom. The zero-order valence-electron chi connectivity index (χ0n) is 10.9. The number of aromatic carboxylic acids is 1. The first-order valence-corrected chi connectivity index (χ1v) is 7.20. The third-order valence-corrected chi connectivity index (χ3v) is 3.46. The van der Waals surface area contributed by atoms with E-state index in [1.165, 1.54) is 24.4 Å². The summed E-state index contributed by atoms with van der Waals surface area (Å²) in [7, 11) is 0. The molecule has 2 aromatic carbocycles. The summed E-state index contributed by atoms with van der Waals surface area (Å²) in [6, 6.07) is 13.6. The van der Waals surface area contributed by atoms with Gasteiger partial charge in [-0.1, -0.05) is 12.1 Å². The largest absolute Gasteiger partial charge is 0.478 e. The van der Waals surface area contributed by atoms with Crippen molar-refractivity contribution in [2.75, 3.05) is 5.32 Å². The summed E-state index contributed by atoms with van der Waals surface area (Å²) in [5.41, 5.74) is 1.56. The number of halogens is 1. The topological polar surface area (TPSA) is 66.4 Å². The molecule has 0 aliphatic heterocycles. The average molecular weight is 393 g/mol. The van der Waals surface area contributed by atoms with E-state index < -0.39 is 5.97 Å². The smallest absolute Gasteiger partial charge is 0.335 e. The molecule has 0 amide bonds. The van der Waals surface area contributed by atoms with Gasteiger partial charge in [0.1, 0.15) is 0 Å². The number of carbonyl (C=O) groups is 2. The lowest BCUT2D eigenvalue weighted by Crippen LogP contribution is -1.97. The first-order valence-electron chi connectivity index (χ1n) is 6.12. The molecule has 0 bridgehead atoms. The zero-order chi connectivity index (χ0) is 15.2. The van der Waals surface area contributed by atoms with E-state index in [-0.39, 0.29) is 11.3 Å². The lowest BCUT2D eigenvalue weighted by atomic mass is 10.1. The van der Waals surface area contributed by atoms with Crippen molar-refractivity contribution in [2.45, 2.75) is 0 Å². The molecule has 0 saturated heterocycles. The summed E-state index contributed by atoms with van der Waals surface area (Å²) in [4.78, 5) is 22.6. The van der Waals surface area contributed by atoms with Crippen LogP contribution < -0.4 is 5.32 Å². The number of hydrogen-bond acceptors (Lipinski definition) is 3. The second kappa shape index (κ2) is 7.03. The van der Waals surface area contributed by atoms with E-state index >= 15 is 0 Å². The molecule has 0 radical (unpaired) electrons. The number of allylic oxidation sites excluding steroid dienone is 1. The predicted octanol–water partition coefficient (Wildman–Crippen LogP) is 3.80. The van der Waals surface area contributed by atoms with E-state index in [1.807, 2.05) is 12.1 Å². The Bertz CT molecular complexity index is 676. The summed E-state index contributed by atoms with van der Waals surface area (Å²) in [5, 5.41) is 11.7. The molecular weight excluding hydrogens is 381 g/mol. The monoisotopic (exact) mass is 393 g/mol. The van der Waals surface area contributed by atoms with E-state index in [2.05, 4.69) is 27.9 Å². The highest BCUT2D eigenvalue weighted by molar-refractivity contribution is 14.1. The number of carboxylic acids is 1. The standard InChI is InChI=1S/C16H12INO3/c17-13-5-1-11(2-6-13)15(19)9-10-18-14-7-3-12(4-8-14)16(20)21/h1-10,18H,(H,20,21)/b10-9-. The van der Waals surface area contributed by atoms with Crippen LogP contribution in [0.1, 0.15) is 20.7 Å². The van der Waals surface area contributed by atoms with Crippen molar-refractivity contribution >= 4 is 40.0 Å². The maximum absolute atomic E-state index is 11.9. The van der Waals surface area contributed by atoms with Gasteiger partial charge in [0.25, 0.3) is 0 Å². The Balaban J connectivity index is 1.97. The highest BCUT2D eigenvalue weighted by Crippen LogP contribution is 2.10. The Hall–Kier alpha value is -2.15. The molecule has 0 aliphatic carbocycles. The molecule has 0 fully saturated rings. The molecule has 2 N–H and O–H groups in total. The molecule has 5 heteroatoms. The molecule has 2 aromatic rings. The molecule has 0 spiro atoms. The molecule has 106 valence electrons. The fraction of sp³-hybridized carbons (Fsp3) is 0. The molecule has 0 atom stereocenters. The van der Waals surface area contributed by atoms with Crippen molar-refractivity contribution in [3.8, 4) is 0 Å².